The SMILES string of the molecule is C[C@H]1Cc2cc(-n3ccnc3-c3ccccc3OCCO)ccc2O1. The minimum atomic E-state index is -0.0220. The molecule has 4 rings (SSSR count). The fraction of sp³-hybridized carbons (Fsp3) is 0.250. The molecule has 0 radical (unpaired) electrons. The van der Waals surface area contributed by atoms with Crippen molar-refractivity contribution in [2.75, 3.05) is 13.2 Å². The Morgan fingerprint density at radius 3 is 3.04 bits per heavy atom. The Morgan fingerprint density at radius 2 is 2.16 bits per heavy atom. The highest BCUT2D eigenvalue weighted by Crippen LogP contribution is 2.34. The first-order valence-electron chi connectivity index (χ1n) is 8.42. The van der Waals surface area contributed by atoms with Crippen molar-refractivity contribution in [1.82, 2.24) is 9.55 Å². The summed E-state index contributed by atoms with van der Waals surface area (Å²) in [5, 5.41) is 9.03. The Balaban J connectivity index is 1.74. The van der Waals surface area contributed by atoms with Crippen LogP contribution in [-0.4, -0.2) is 34.0 Å². The monoisotopic (exact) mass is 336 g/mol. The Hall–Kier alpha value is -2.79. The van der Waals surface area contributed by atoms with Gasteiger partial charge < -0.3 is 14.6 Å². The van der Waals surface area contributed by atoms with Crippen molar-refractivity contribution >= 4 is 0 Å². The Kier molecular flexibility index (Phi) is 4.15. The second kappa shape index (κ2) is 6.61. The summed E-state index contributed by atoms with van der Waals surface area (Å²) in [5.74, 6) is 2.48. The zero-order valence-electron chi connectivity index (χ0n) is 14.1. The van der Waals surface area contributed by atoms with Gasteiger partial charge in [-0.25, -0.2) is 4.98 Å². The first-order valence-corrected chi connectivity index (χ1v) is 8.42. The van der Waals surface area contributed by atoms with Gasteiger partial charge in [-0.2, -0.15) is 0 Å². The number of benzene rings is 2. The molecule has 0 aliphatic carbocycles. The van der Waals surface area contributed by atoms with E-state index in [1.807, 2.05) is 47.2 Å². The molecule has 0 unspecified atom stereocenters. The maximum atomic E-state index is 9.03. The van der Waals surface area contributed by atoms with Gasteiger partial charge in [0.1, 0.15) is 30.0 Å². The average molecular weight is 336 g/mol. The van der Waals surface area contributed by atoms with Gasteiger partial charge in [-0.3, -0.25) is 4.57 Å². The van der Waals surface area contributed by atoms with Crippen LogP contribution < -0.4 is 9.47 Å². The molecule has 25 heavy (non-hydrogen) atoms. The van der Waals surface area contributed by atoms with Gasteiger partial charge in [0.15, 0.2) is 0 Å². The van der Waals surface area contributed by atoms with Crippen LogP contribution in [0.5, 0.6) is 11.5 Å². The maximum absolute atomic E-state index is 9.03. The minimum absolute atomic E-state index is 0.0220. The molecule has 0 saturated carbocycles. The van der Waals surface area contributed by atoms with Gasteiger partial charge in [-0.1, -0.05) is 12.1 Å². The van der Waals surface area contributed by atoms with Crippen molar-refractivity contribution in [1.29, 1.82) is 0 Å². The molecule has 1 aliphatic heterocycles. The van der Waals surface area contributed by atoms with Crippen molar-refractivity contribution in [2.45, 2.75) is 19.4 Å². The number of rotatable bonds is 5. The highest BCUT2D eigenvalue weighted by atomic mass is 16.5. The topological polar surface area (TPSA) is 56.5 Å². The molecule has 2 aromatic carbocycles. The molecular weight excluding hydrogens is 316 g/mol. The standard InChI is InChI=1S/C20H20N2O3/c1-14-12-15-13-16(6-7-18(15)25-14)22-9-8-21-20(22)17-4-2-3-5-19(17)24-11-10-23/h2-9,13-14,23H,10-12H2,1H3/t14-/m0/s1. The van der Waals surface area contributed by atoms with Crippen LogP contribution in [0.25, 0.3) is 17.1 Å². The third kappa shape index (κ3) is 2.98. The minimum Gasteiger partial charge on any atom is -0.490 e. The van der Waals surface area contributed by atoms with Crippen LogP contribution in [0.4, 0.5) is 0 Å². The molecule has 128 valence electrons. The summed E-state index contributed by atoms with van der Waals surface area (Å²) >= 11 is 0. The van der Waals surface area contributed by atoms with Crippen LogP contribution in [0.15, 0.2) is 54.9 Å². The molecule has 1 aromatic heterocycles. The van der Waals surface area contributed by atoms with Crippen LogP contribution in [0.2, 0.25) is 0 Å². The lowest BCUT2D eigenvalue weighted by molar-refractivity contribution is 0.202. The number of aliphatic hydroxyl groups is 1. The van der Waals surface area contributed by atoms with Crippen molar-refractivity contribution in [3.8, 4) is 28.6 Å². The van der Waals surface area contributed by atoms with E-state index in [1.165, 1.54) is 5.56 Å². The zero-order chi connectivity index (χ0) is 17.2. The Labute approximate surface area is 146 Å². The fourth-order valence-corrected chi connectivity index (χ4v) is 3.20. The van der Waals surface area contributed by atoms with Crippen molar-refractivity contribution in [3.05, 3.63) is 60.4 Å². The van der Waals surface area contributed by atoms with Crippen LogP contribution in [0.1, 0.15) is 12.5 Å². The van der Waals surface area contributed by atoms with E-state index in [2.05, 4.69) is 18.0 Å². The Morgan fingerprint density at radius 1 is 1.28 bits per heavy atom. The highest BCUT2D eigenvalue weighted by molar-refractivity contribution is 5.66. The maximum Gasteiger partial charge on any atom is 0.148 e. The van der Waals surface area contributed by atoms with Crippen molar-refractivity contribution < 1.29 is 14.6 Å². The molecule has 3 aromatic rings. The number of fused-ring (bicyclic) bond motifs is 1. The first-order chi connectivity index (χ1) is 12.3. The van der Waals surface area contributed by atoms with E-state index in [4.69, 9.17) is 14.6 Å². The molecular formula is C20H20N2O3. The van der Waals surface area contributed by atoms with Crippen LogP contribution in [0, 0.1) is 0 Å². The third-order valence-corrected chi connectivity index (χ3v) is 4.28. The van der Waals surface area contributed by atoms with E-state index in [1.54, 1.807) is 6.20 Å². The van der Waals surface area contributed by atoms with Crippen LogP contribution >= 0.6 is 0 Å². The number of aromatic nitrogens is 2. The molecule has 5 heteroatoms. The molecule has 1 aliphatic rings. The number of aliphatic hydroxyl groups excluding tert-OH is 1. The summed E-state index contributed by atoms with van der Waals surface area (Å²) in [6, 6.07) is 14.0. The van der Waals surface area contributed by atoms with Crippen LogP contribution in [-0.2, 0) is 6.42 Å². The summed E-state index contributed by atoms with van der Waals surface area (Å²) in [7, 11) is 0. The number of imidazole rings is 1. The number of ether oxygens (including phenoxy) is 2. The van der Waals surface area contributed by atoms with E-state index in [9.17, 15) is 0 Å². The number of hydrogen-bond donors (Lipinski definition) is 1. The third-order valence-electron chi connectivity index (χ3n) is 4.28. The normalized spacial score (nSPS) is 15.7. The summed E-state index contributed by atoms with van der Waals surface area (Å²) in [5.41, 5.74) is 3.15. The van der Waals surface area contributed by atoms with E-state index >= 15 is 0 Å². The molecule has 0 saturated heterocycles. The number of hydrogen-bond acceptors (Lipinski definition) is 4. The van der Waals surface area contributed by atoms with Gasteiger partial charge in [-0.15, -0.1) is 0 Å². The smallest absolute Gasteiger partial charge is 0.148 e. The summed E-state index contributed by atoms with van der Waals surface area (Å²) in [6.45, 7) is 2.31. The molecule has 1 N–H and O–H groups in total. The molecule has 0 bridgehead atoms. The van der Waals surface area contributed by atoms with Gasteiger partial charge in [0, 0.05) is 24.5 Å². The van der Waals surface area contributed by atoms with E-state index < -0.39 is 0 Å². The lowest BCUT2D eigenvalue weighted by atomic mass is 10.1. The van der Waals surface area contributed by atoms with Crippen LogP contribution in [0.3, 0.4) is 0 Å². The van der Waals surface area contributed by atoms with E-state index in [0.29, 0.717) is 5.75 Å². The van der Waals surface area contributed by atoms with Crippen molar-refractivity contribution in [3.63, 3.8) is 0 Å². The zero-order valence-corrected chi connectivity index (χ0v) is 14.1. The van der Waals surface area contributed by atoms with Crippen molar-refractivity contribution in [2.24, 2.45) is 0 Å². The number of nitrogens with zero attached hydrogens (tertiary/aromatic N) is 2. The van der Waals surface area contributed by atoms with Gasteiger partial charge in [0.25, 0.3) is 0 Å². The fourth-order valence-electron chi connectivity index (χ4n) is 3.20. The van der Waals surface area contributed by atoms with Gasteiger partial charge in [0.05, 0.1) is 12.2 Å². The molecule has 0 amide bonds. The Bertz CT molecular complexity index is 888. The van der Waals surface area contributed by atoms with E-state index in [-0.39, 0.29) is 19.3 Å². The lowest BCUT2D eigenvalue weighted by Crippen LogP contribution is -2.05. The summed E-state index contributed by atoms with van der Waals surface area (Å²) in [6.07, 6.45) is 4.87. The second-order valence-electron chi connectivity index (χ2n) is 6.11. The highest BCUT2D eigenvalue weighted by Gasteiger charge is 2.20. The molecule has 2 heterocycles. The summed E-state index contributed by atoms with van der Waals surface area (Å²) in [4.78, 5) is 4.53. The molecule has 1 atom stereocenters. The molecule has 5 nitrogen and oxygen atoms in total. The predicted molar refractivity (Wildman–Crippen MR) is 95.4 cm³/mol. The summed E-state index contributed by atoms with van der Waals surface area (Å²) < 4.78 is 13.5. The second-order valence-corrected chi connectivity index (χ2v) is 6.11. The van der Waals surface area contributed by atoms with E-state index in [0.717, 1.165) is 29.2 Å². The van der Waals surface area contributed by atoms with Gasteiger partial charge in [-0.05, 0) is 42.8 Å². The largest absolute Gasteiger partial charge is 0.490 e. The quantitative estimate of drug-likeness (QED) is 0.777. The van der Waals surface area contributed by atoms with Gasteiger partial charge in [0.2, 0.25) is 0 Å². The number of para-hydroxylation sites is 1. The first kappa shape index (κ1) is 15.7. The molecule has 0 fully saturated rings. The van der Waals surface area contributed by atoms with Gasteiger partial charge >= 0.3 is 0 Å². The average Bonchev–Trinajstić information content (AvgIpc) is 3.25. The lowest BCUT2D eigenvalue weighted by Gasteiger charge is -2.13. The predicted octanol–water partition coefficient (Wildman–Crippen LogP) is 3.23. The molecule has 0 spiro atoms.